The third-order valence-corrected chi connectivity index (χ3v) is 9.40. The van der Waals surface area contributed by atoms with Gasteiger partial charge in [-0.1, -0.05) is 32.8 Å². The summed E-state index contributed by atoms with van der Waals surface area (Å²) in [6, 6.07) is 0. The molecular weight excluding hydrogens is 280 g/mol. The Morgan fingerprint density at radius 1 is 1.04 bits per heavy atom. The Balaban J connectivity index is 1.54. The highest BCUT2D eigenvalue weighted by atomic mass is 16.1. The van der Waals surface area contributed by atoms with Gasteiger partial charge in [0.1, 0.15) is 0 Å². The number of carbonyl (C=O) groups is 1. The van der Waals surface area contributed by atoms with Gasteiger partial charge >= 0.3 is 0 Å². The first kappa shape index (κ1) is 14.7. The van der Waals surface area contributed by atoms with Gasteiger partial charge in [-0.2, -0.15) is 0 Å². The molecule has 0 aromatic rings. The molecule has 0 aliphatic heterocycles. The van der Waals surface area contributed by atoms with E-state index in [2.05, 4.69) is 26.8 Å². The molecule has 0 aromatic carbocycles. The van der Waals surface area contributed by atoms with Gasteiger partial charge in [-0.3, -0.25) is 4.79 Å². The molecule has 4 fully saturated rings. The molecule has 1 spiro atoms. The first-order valence-corrected chi connectivity index (χ1v) is 10.1. The van der Waals surface area contributed by atoms with Gasteiger partial charge in [0, 0.05) is 6.42 Å². The van der Waals surface area contributed by atoms with Crippen LogP contribution in [0.5, 0.6) is 0 Å². The lowest BCUT2D eigenvalue weighted by atomic mass is 9.56. The van der Waals surface area contributed by atoms with Crippen LogP contribution in [0.2, 0.25) is 0 Å². The summed E-state index contributed by atoms with van der Waals surface area (Å²) in [6.45, 7) is 7.63. The van der Waals surface area contributed by atoms with E-state index in [0.717, 1.165) is 36.5 Å². The molecule has 0 radical (unpaired) electrons. The molecule has 7 unspecified atom stereocenters. The number of fused-ring (bicyclic) bond motifs is 4. The smallest absolute Gasteiger partial charge is 0.155 e. The molecule has 0 amide bonds. The fourth-order valence-corrected chi connectivity index (χ4v) is 8.21. The van der Waals surface area contributed by atoms with Crippen molar-refractivity contribution in [1.82, 2.24) is 0 Å². The van der Waals surface area contributed by atoms with E-state index >= 15 is 0 Å². The van der Waals surface area contributed by atoms with E-state index in [1.165, 1.54) is 50.5 Å². The lowest BCUT2D eigenvalue weighted by Crippen LogP contribution is -2.40. The van der Waals surface area contributed by atoms with Crippen molar-refractivity contribution in [2.45, 2.75) is 78.6 Å². The SMILES string of the molecule is CC1CCC2C3CCC4=CC(=O)CCC4(C)C3CC23CC3(C)C1. The van der Waals surface area contributed by atoms with Crippen LogP contribution in [0.25, 0.3) is 0 Å². The zero-order chi connectivity index (χ0) is 16.0. The minimum atomic E-state index is 0.354. The molecule has 5 aliphatic rings. The van der Waals surface area contributed by atoms with Crippen LogP contribution in [0.3, 0.4) is 0 Å². The Labute approximate surface area is 141 Å². The van der Waals surface area contributed by atoms with Gasteiger partial charge in [0.15, 0.2) is 5.78 Å². The number of ketones is 1. The van der Waals surface area contributed by atoms with Crippen molar-refractivity contribution in [2.75, 3.05) is 0 Å². The molecule has 126 valence electrons. The Morgan fingerprint density at radius 3 is 2.70 bits per heavy atom. The van der Waals surface area contributed by atoms with Crippen LogP contribution in [0.1, 0.15) is 78.6 Å². The van der Waals surface area contributed by atoms with Gasteiger partial charge in [0.25, 0.3) is 0 Å². The molecule has 0 bridgehead atoms. The highest BCUT2D eigenvalue weighted by Crippen LogP contribution is 2.82. The molecule has 7 atom stereocenters. The molecule has 5 rings (SSSR count). The first-order chi connectivity index (χ1) is 10.9. The van der Waals surface area contributed by atoms with E-state index < -0.39 is 0 Å². The molecule has 0 N–H and O–H groups in total. The van der Waals surface area contributed by atoms with Crippen LogP contribution in [0.4, 0.5) is 0 Å². The second-order valence-corrected chi connectivity index (χ2v) is 10.5. The summed E-state index contributed by atoms with van der Waals surface area (Å²) >= 11 is 0. The van der Waals surface area contributed by atoms with E-state index in [0.29, 0.717) is 22.0 Å². The van der Waals surface area contributed by atoms with E-state index in [-0.39, 0.29) is 0 Å². The first-order valence-electron chi connectivity index (χ1n) is 10.1. The van der Waals surface area contributed by atoms with Crippen molar-refractivity contribution in [2.24, 2.45) is 39.9 Å². The molecule has 0 saturated heterocycles. The molecule has 4 saturated carbocycles. The Morgan fingerprint density at radius 2 is 1.87 bits per heavy atom. The van der Waals surface area contributed by atoms with E-state index in [4.69, 9.17) is 0 Å². The third kappa shape index (κ3) is 1.72. The number of rotatable bonds is 0. The van der Waals surface area contributed by atoms with Crippen molar-refractivity contribution >= 4 is 5.78 Å². The number of allylic oxidation sites excluding steroid dienone is 2. The van der Waals surface area contributed by atoms with E-state index in [1.54, 1.807) is 0 Å². The average molecular weight is 312 g/mol. The van der Waals surface area contributed by atoms with E-state index in [1.807, 2.05) is 0 Å². The standard InChI is InChI=1S/C22H32O/c1-14-4-7-18-17-6-5-15-10-16(23)8-9-21(15,3)19(17)12-22(18)13-20(22,2)11-14/h10,14,17-19H,4-9,11-13H2,1-3H3. The van der Waals surface area contributed by atoms with Gasteiger partial charge in [-0.25, -0.2) is 0 Å². The fourth-order valence-electron chi connectivity index (χ4n) is 8.21. The van der Waals surface area contributed by atoms with Crippen molar-refractivity contribution in [3.8, 4) is 0 Å². The van der Waals surface area contributed by atoms with Crippen LogP contribution in [-0.4, -0.2) is 5.78 Å². The summed E-state index contributed by atoms with van der Waals surface area (Å²) in [5.41, 5.74) is 3.22. The second-order valence-electron chi connectivity index (χ2n) is 10.5. The molecule has 23 heavy (non-hydrogen) atoms. The minimum Gasteiger partial charge on any atom is -0.295 e. The lowest BCUT2D eigenvalue weighted by molar-refractivity contribution is -0.116. The van der Waals surface area contributed by atoms with Gasteiger partial charge in [-0.05, 0) is 90.9 Å². The molecule has 1 nitrogen and oxygen atoms in total. The number of carbonyl (C=O) groups excluding carboxylic acids is 1. The maximum absolute atomic E-state index is 11.9. The monoisotopic (exact) mass is 312 g/mol. The zero-order valence-corrected chi connectivity index (χ0v) is 15.2. The van der Waals surface area contributed by atoms with Gasteiger partial charge in [0.05, 0.1) is 0 Å². The van der Waals surface area contributed by atoms with Crippen molar-refractivity contribution in [1.29, 1.82) is 0 Å². The number of hydrogen-bond acceptors (Lipinski definition) is 1. The maximum atomic E-state index is 11.9. The molecule has 0 heterocycles. The van der Waals surface area contributed by atoms with E-state index in [9.17, 15) is 4.79 Å². The topological polar surface area (TPSA) is 17.1 Å². The normalized spacial score (nSPS) is 57.5. The number of hydrogen-bond donors (Lipinski definition) is 0. The van der Waals surface area contributed by atoms with Gasteiger partial charge < -0.3 is 0 Å². The minimum absolute atomic E-state index is 0.354. The highest BCUT2D eigenvalue weighted by molar-refractivity contribution is 5.91. The Hall–Kier alpha value is -0.590. The molecule has 0 aromatic heterocycles. The summed E-state index contributed by atoms with van der Waals surface area (Å²) in [5.74, 6) is 4.16. The average Bonchev–Trinajstić information content (AvgIpc) is 2.94. The molecular formula is C22H32O. The Bertz CT molecular complexity index is 603. The van der Waals surface area contributed by atoms with Gasteiger partial charge in [-0.15, -0.1) is 0 Å². The van der Waals surface area contributed by atoms with Crippen LogP contribution in [0.15, 0.2) is 11.6 Å². The molecule has 1 heteroatoms. The van der Waals surface area contributed by atoms with Crippen molar-refractivity contribution < 1.29 is 4.79 Å². The second kappa shape index (κ2) is 4.33. The summed E-state index contributed by atoms with van der Waals surface area (Å²) in [4.78, 5) is 11.9. The van der Waals surface area contributed by atoms with Crippen molar-refractivity contribution in [3.63, 3.8) is 0 Å². The highest BCUT2D eigenvalue weighted by Gasteiger charge is 2.74. The van der Waals surface area contributed by atoms with Crippen molar-refractivity contribution in [3.05, 3.63) is 11.6 Å². The predicted molar refractivity (Wildman–Crippen MR) is 92.9 cm³/mol. The summed E-state index contributed by atoms with van der Waals surface area (Å²) in [6.07, 6.45) is 14.0. The summed E-state index contributed by atoms with van der Waals surface area (Å²) in [7, 11) is 0. The summed E-state index contributed by atoms with van der Waals surface area (Å²) < 4.78 is 0. The van der Waals surface area contributed by atoms with Crippen LogP contribution < -0.4 is 0 Å². The fraction of sp³-hybridized carbons (Fsp3) is 0.864. The van der Waals surface area contributed by atoms with Gasteiger partial charge in [0.2, 0.25) is 0 Å². The lowest BCUT2D eigenvalue weighted by Gasteiger charge is -2.48. The van der Waals surface area contributed by atoms with Crippen LogP contribution in [0, 0.1) is 39.9 Å². The maximum Gasteiger partial charge on any atom is 0.155 e. The zero-order valence-electron chi connectivity index (χ0n) is 15.2. The Kier molecular flexibility index (Phi) is 2.77. The van der Waals surface area contributed by atoms with Crippen LogP contribution in [-0.2, 0) is 4.79 Å². The predicted octanol–water partition coefficient (Wildman–Crippen LogP) is 5.54. The summed E-state index contributed by atoms with van der Waals surface area (Å²) in [5, 5.41) is 0. The van der Waals surface area contributed by atoms with Crippen LogP contribution >= 0.6 is 0 Å². The molecule has 5 aliphatic carbocycles. The quantitative estimate of drug-likeness (QED) is 0.573. The third-order valence-electron chi connectivity index (χ3n) is 9.40. The largest absolute Gasteiger partial charge is 0.295 e.